The largest absolute Gasteiger partial charge is 0.314 e. The third-order valence-corrected chi connectivity index (χ3v) is 3.95. The molecule has 1 aromatic rings. The Labute approximate surface area is 115 Å². The lowest BCUT2D eigenvalue weighted by Gasteiger charge is -2.28. The summed E-state index contributed by atoms with van der Waals surface area (Å²) in [7, 11) is 0. The van der Waals surface area contributed by atoms with E-state index in [2.05, 4.69) is 24.5 Å². The summed E-state index contributed by atoms with van der Waals surface area (Å²) in [6.07, 6.45) is 5.10. The number of halogens is 1. The van der Waals surface area contributed by atoms with Crippen molar-refractivity contribution in [2.24, 2.45) is 0 Å². The Balaban J connectivity index is 1.80. The Morgan fingerprint density at radius 3 is 2.63 bits per heavy atom. The van der Waals surface area contributed by atoms with Gasteiger partial charge in [-0.15, -0.1) is 0 Å². The average Bonchev–Trinajstić information content (AvgIpc) is 2.40. The van der Waals surface area contributed by atoms with E-state index in [1.807, 2.05) is 12.1 Å². The fourth-order valence-electron chi connectivity index (χ4n) is 2.89. The van der Waals surface area contributed by atoms with Crippen LogP contribution in [-0.2, 0) is 0 Å². The summed E-state index contributed by atoms with van der Waals surface area (Å²) in [5.41, 5.74) is 1.14. The SMILES string of the molecule is CC(CC1CCCCN1)N[C@H](C)c1ccc(F)cc1. The van der Waals surface area contributed by atoms with E-state index in [0.29, 0.717) is 12.1 Å². The smallest absolute Gasteiger partial charge is 0.123 e. The highest BCUT2D eigenvalue weighted by Gasteiger charge is 2.17. The number of hydrogen-bond donors (Lipinski definition) is 2. The maximum absolute atomic E-state index is 12.9. The van der Waals surface area contributed by atoms with Crippen molar-refractivity contribution in [3.8, 4) is 0 Å². The molecule has 2 N–H and O–H groups in total. The molecule has 3 atom stereocenters. The number of hydrogen-bond acceptors (Lipinski definition) is 2. The van der Waals surface area contributed by atoms with Crippen LogP contribution < -0.4 is 10.6 Å². The number of benzene rings is 1. The van der Waals surface area contributed by atoms with E-state index in [9.17, 15) is 4.39 Å². The van der Waals surface area contributed by atoms with Gasteiger partial charge in [-0.3, -0.25) is 0 Å². The predicted molar refractivity (Wildman–Crippen MR) is 77.7 cm³/mol. The minimum absolute atomic E-state index is 0.171. The van der Waals surface area contributed by atoms with Crippen molar-refractivity contribution in [2.45, 2.75) is 57.7 Å². The van der Waals surface area contributed by atoms with Gasteiger partial charge in [0.2, 0.25) is 0 Å². The second kappa shape index (κ2) is 7.01. The van der Waals surface area contributed by atoms with Gasteiger partial charge in [0.15, 0.2) is 0 Å². The highest BCUT2D eigenvalue weighted by atomic mass is 19.1. The summed E-state index contributed by atoms with van der Waals surface area (Å²) in [5.74, 6) is -0.171. The lowest BCUT2D eigenvalue weighted by molar-refractivity contribution is 0.334. The quantitative estimate of drug-likeness (QED) is 0.851. The second-order valence-corrected chi connectivity index (χ2v) is 5.72. The zero-order valence-corrected chi connectivity index (χ0v) is 12.0. The number of nitrogens with one attached hydrogen (secondary N) is 2. The first kappa shape index (κ1) is 14.5. The predicted octanol–water partition coefficient (Wildman–Crippen LogP) is 3.40. The molecule has 1 saturated heterocycles. The van der Waals surface area contributed by atoms with Gasteiger partial charge in [-0.25, -0.2) is 4.39 Å². The van der Waals surface area contributed by atoms with Crippen LogP contribution in [0.4, 0.5) is 4.39 Å². The molecule has 19 heavy (non-hydrogen) atoms. The van der Waals surface area contributed by atoms with Gasteiger partial charge in [0.1, 0.15) is 5.82 Å². The highest BCUT2D eigenvalue weighted by molar-refractivity contribution is 5.19. The molecule has 2 rings (SSSR count). The van der Waals surface area contributed by atoms with Crippen LogP contribution in [0, 0.1) is 5.82 Å². The van der Waals surface area contributed by atoms with Gasteiger partial charge in [-0.2, -0.15) is 0 Å². The summed E-state index contributed by atoms with van der Waals surface area (Å²) < 4.78 is 12.9. The van der Waals surface area contributed by atoms with Gasteiger partial charge < -0.3 is 10.6 Å². The first-order valence-electron chi connectivity index (χ1n) is 7.40. The van der Waals surface area contributed by atoms with E-state index in [0.717, 1.165) is 18.5 Å². The zero-order valence-electron chi connectivity index (χ0n) is 12.0. The topological polar surface area (TPSA) is 24.1 Å². The molecule has 0 aromatic heterocycles. The molecule has 106 valence electrons. The summed E-state index contributed by atoms with van der Waals surface area (Å²) in [6.45, 7) is 5.53. The summed E-state index contributed by atoms with van der Waals surface area (Å²) in [5, 5.41) is 7.18. The van der Waals surface area contributed by atoms with E-state index in [1.165, 1.54) is 31.4 Å². The van der Waals surface area contributed by atoms with Crippen molar-refractivity contribution >= 4 is 0 Å². The first-order chi connectivity index (χ1) is 9.15. The van der Waals surface area contributed by atoms with Gasteiger partial charge in [0, 0.05) is 18.1 Å². The first-order valence-corrected chi connectivity index (χ1v) is 7.40. The van der Waals surface area contributed by atoms with E-state index >= 15 is 0 Å². The van der Waals surface area contributed by atoms with E-state index < -0.39 is 0 Å². The van der Waals surface area contributed by atoms with Gasteiger partial charge in [0.25, 0.3) is 0 Å². The molecule has 1 aromatic carbocycles. The van der Waals surface area contributed by atoms with Crippen molar-refractivity contribution in [1.82, 2.24) is 10.6 Å². The Hall–Kier alpha value is -0.930. The molecule has 2 nitrogen and oxygen atoms in total. The van der Waals surface area contributed by atoms with Crippen molar-refractivity contribution in [3.63, 3.8) is 0 Å². The van der Waals surface area contributed by atoms with Crippen LogP contribution >= 0.6 is 0 Å². The van der Waals surface area contributed by atoms with E-state index in [4.69, 9.17) is 0 Å². The van der Waals surface area contributed by atoms with E-state index in [1.54, 1.807) is 0 Å². The van der Waals surface area contributed by atoms with Crippen LogP contribution in [0.5, 0.6) is 0 Å². The van der Waals surface area contributed by atoms with Crippen LogP contribution in [0.2, 0.25) is 0 Å². The molecule has 0 aliphatic carbocycles. The zero-order chi connectivity index (χ0) is 13.7. The molecule has 3 heteroatoms. The molecule has 1 fully saturated rings. The Bertz CT molecular complexity index is 371. The monoisotopic (exact) mass is 264 g/mol. The van der Waals surface area contributed by atoms with Gasteiger partial charge in [-0.1, -0.05) is 18.6 Å². The van der Waals surface area contributed by atoms with Gasteiger partial charge >= 0.3 is 0 Å². The molecule has 0 spiro atoms. The van der Waals surface area contributed by atoms with Crippen molar-refractivity contribution in [2.75, 3.05) is 6.54 Å². The van der Waals surface area contributed by atoms with Gasteiger partial charge in [0.05, 0.1) is 0 Å². The molecule has 1 aliphatic heterocycles. The van der Waals surface area contributed by atoms with Crippen LogP contribution in [0.3, 0.4) is 0 Å². The summed E-state index contributed by atoms with van der Waals surface area (Å²) >= 11 is 0. The normalized spacial score (nSPS) is 23.0. The lowest BCUT2D eigenvalue weighted by Crippen LogP contribution is -2.40. The molecule has 0 amide bonds. The fraction of sp³-hybridized carbons (Fsp3) is 0.625. The summed E-state index contributed by atoms with van der Waals surface area (Å²) in [4.78, 5) is 0. The van der Waals surface area contributed by atoms with E-state index in [-0.39, 0.29) is 11.9 Å². The molecule has 0 saturated carbocycles. The molecule has 1 heterocycles. The average molecular weight is 264 g/mol. The molecule has 0 radical (unpaired) electrons. The van der Waals surface area contributed by atoms with Crippen LogP contribution in [0.15, 0.2) is 24.3 Å². The minimum atomic E-state index is -0.171. The fourth-order valence-corrected chi connectivity index (χ4v) is 2.89. The highest BCUT2D eigenvalue weighted by Crippen LogP contribution is 2.16. The molecular formula is C16H25FN2. The standard InChI is InChI=1S/C16H25FN2/c1-12(11-16-5-3-4-10-18-16)19-13(2)14-6-8-15(17)9-7-14/h6-9,12-13,16,18-19H,3-5,10-11H2,1-2H3/t12?,13-,16?/m1/s1. The van der Waals surface area contributed by atoms with Crippen molar-refractivity contribution in [1.29, 1.82) is 0 Å². The maximum Gasteiger partial charge on any atom is 0.123 e. The van der Waals surface area contributed by atoms with Crippen LogP contribution in [0.25, 0.3) is 0 Å². The molecule has 1 aliphatic rings. The minimum Gasteiger partial charge on any atom is -0.314 e. The summed E-state index contributed by atoms with van der Waals surface area (Å²) in [6, 6.07) is 8.16. The lowest BCUT2D eigenvalue weighted by atomic mass is 9.98. The maximum atomic E-state index is 12.9. The third-order valence-electron chi connectivity index (χ3n) is 3.95. The van der Waals surface area contributed by atoms with Crippen molar-refractivity contribution < 1.29 is 4.39 Å². The molecule has 2 unspecified atom stereocenters. The molecule has 0 bridgehead atoms. The Morgan fingerprint density at radius 2 is 2.00 bits per heavy atom. The second-order valence-electron chi connectivity index (χ2n) is 5.72. The van der Waals surface area contributed by atoms with Gasteiger partial charge in [-0.05, 0) is 57.4 Å². The Morgan fingerprint density at radius 1 is 1.26 bits per heavy atom. The van der Waals surface area contributed by atoms with Crippen LogP contribution in [0.1, 0.15) is 51.1 Å². The number of piperidine rings is 1. The number of rotatable bonds is 5. The van der Waals surface area contributed by atoms with Crippen LogP contribution in [-0.4, -0.2) is 18.6 Å². The molecular weight excluding hydrogens is 239 g/mol. The third kappa shape index (κ3) is 4.59. The Kier molecular flexibility index (Phi) is 5.34. The van der Waals surface area contributed by atoms with Crippen molar-refractivity contribution in [3.05, 3.63) is 35.6 Å².